The topological polar surface area (TPSA) is 54.2 Å². The Morgan fingerprint density at radius 1 is 0.929 bits per heavy atom. The van der Waals surface area contributed by atoms with Crippen LogP contribution in [0.2, 0.25) is 0 Å². The molecule has 1 aromatic heterocycles. The molecule has 0 unspecified atom stereocenters. The molecule has 0 saturated heterocycles. The number of aromatic nitrogens is 2. The number of thiocarbonyl (C=S) groups is 1. The van der Waals surface area contributed by atoms with E-state index in [1.54, 1.807) is 6.33 Å². The largest absolute Gasteiger partial charge is 0.331 e. The van der Waals surface area contributed by atoms with Crippen LogP contribution in [0.5, 0.6) is 0 Å². The third-order valence-electron chi connectivity index (χ3n) is 4.37. The number of fused-ring (bicyclic) bond motifs is 1. The predicted molar refractivity (Wildman–Crippen MR) is 117 cm³/mol. The van der Waals surface area contributed by atoms with Gasteiger partial charge in [-0.1, -0.05) is 48.5 Å². The predicted octanol–water partition coefficient (Wildman–Crippen LogP) is 4.14. The minimum Gasteiger partial charge on any atom is -0.331 e. The van der Waals surface area contributed by atoms with Gasteiger partial charge < -0.3 is 5.32 Å². The number of benzene rings is 3. The summed E-state index contributed by atoms with van der Waals surface area (Å²) < 4.78 is 2.07. The molecular formula is C22H19N5S. The van der Waals surface area contributed by atoms with Crippen molar-refractivity contribution >= 4 is 33.9 Å². The van der Waals surface area contributed by atoms with E-state index in [1.807, 2.05) is 60.7 Å². The van der Waals surface area contributed by atoms with Crippen molar-refractivity contribution in [1.29, 1.82) is 0 Å². The molecule has 0 radical (unpaired) electrons. The molecule has 138 valence electrons. The molecule has 0 aliphatic rings. The Balaban J connectivity index is 1.69. The van der Waals surface area contributed by atoms with E-state index in [1.165, 1.54) is 5.56 Å². The normalized spacial score (nSPS) is 11.4. The summed E-state index contributed by atoms with van der Waals surface area (Å²) in [7, 11) is 0. The van der Waals surface area contributed by atoms with Crippen LogP contribution < -0.4 is 16.2 Å². The van der Waals surface area contributed by atoms with Gasteiger partial charge in [0.15, 0.2) is 10.6 Å². The summed E-state index contributed by atoms with van der Waals surface area (Å²) in [5, 5.41) is 8.85. The van der Waals surface area contributed by atoms with E-state index in [2.05, 4.69) is 50.5 Å². The Labute approximate surface area is 168 Å². The number of hydrogen-bond acceptors (Lipinski definition) is 3. The smallest absolute Gasteiger partial charge is 0.191 e. The lowest BCUT2D eigenvalue weighted by molar-refractivity contribution is 0.914. The number of anilines is 1. The van der Waals surface area contributed by atoms with E-state index >= 15 is 0 Å². The first kappa shape index (κ1) is 17.9. The first-order valence-corrected chi connectivity index (χ1v) is 9.31. The molecule has 0 bridgehead atoms. The van der Waals surface area contributed by atoms with E-state index < -0.39 is 0 Å². The van der Waals surface area contributed by atoms with Gasteiger partial charge in [-0.3, -0.25) is 9.99 Å². The van der Waals surface area contributed by atoms with Gasteiger partial charge in [-0.2, -0.15) is 5.10 Å². The summed E-state index contributed by atoms with van der Waals surface area (Å²) in [5.41, 5.74) is 7.65. The fourth-order valence-electron chi connectivity index (χ4n) is 3.02. The SMILES string of the molecule is Cc1ccccc1-n1cn/c(=N\NC(=S)Nc2ccccc2)c2ccccc21. The minimum atomic E-state index is 0.410. The number of para-hydroxylation sites is 3. The fraction of sp³-hybridized carbons (Fsp3) is 0.0455. The molecule has 5 nitrogen and oxygen atoms in total. The van der Waals surface area contributed by atoms with Crippen LogP contribution in [0.25, 0.3) is 16.6 Å². The molecule has 0 aliphatic carbocycles. The Morgan fingerprint density at radius 2 is 1.64 bits per heavy atom. The molecule has 0 amide bonds. The van der Waals surface area contributed by atoms with Crippen LogP contribution in [0.4, 0.5) is 5.69 Å². The van der Waals surface area contributed by atoms with Crippen LogP contribution in [-0.2, 0) is 0 Å². The molecule has 0 saturated carbocycles. The maximum Gasteiger partial charge on any atom is 0.191 e. The molecule has 4 rings (SSSR count). The average Bonchev–Trinajstić information content (AvgIpc) is 2.73. The van der Waals surface area contributed by atoms with Gasteiger partial charge in [0.2, 0.25) is 0 Å². The van der Waals surface area contributed by atoms with Crippen molar-refractivity contribution < 1.29 is 0 Å². The summed E-state index contributed by atoms with van der Waals surface area (Å²) in [6.45, 7) is 2.09. The minimum absolute atomic E-state index is 0.410. The van der Waals surface area contributed by atoms with Crippen LogP contribution in [0.3, 0.4) is 0 Å². The van der Waals surface area contributed by atoms with Gasteiger partial charge >= 0.3 is 0 Å². The summed E-state index contributed by atoms with van der Waals surface area (Å²) in [6, 6.07) is 26.0. The lowest BCUT2D eigenvalue weighted by Gasteiger charge is -2.13. The molecule has 1 heterocycles. The Morgan fingerprint density at radius 3 is 2.46 bits per heavy atom. The van der Waals surface area contributed by atoms with E-state index in [-0.39, 0.29) is 0 Å². The quantitative estimate of drug-likeness (QED) is 0.411. The number of nitrogens with zero attached hydrogens (tertiary/aromatic N) is 3. The van der Waals surface area contributed by atoms with Crippen LogP contribution in [0, 0.1) is 6.92 Å². The average molecular weight is 385 g/mol. The lowest BCUT2D eigenvalue weighted by Crippen LogP contribution is -2.27. The van der Waals surface area contributed by atoms with Crippen LogP contribution >= 0.6 is 12.2 Å². The zero-order valence-corrected chi connectivity index (χ0v) is 16.1. The van der Waals surface area contributed by atoms with E-state index in [4.69, 9.17) is 12.2 Å². The summed E-state index contributed by atoms with van der Waals surface area (Å²) in [4.78, 5) is 4.55. The maximum absolute atomic E-state index is 5.33. The second kappa shape index (κ2) is 8.02. The third-order valence-corrected chi connectivity index (χ3v) is 4.56. The second-order valence-electron chi connectivity index (χ2n) is 6.29. The molecule has 0 aliphatic heterocycles. The van der Waals surface area contributed by atoms with Gasteiger partial charge in [-0.25, -0.2) is 4.98 Å². The van der Waals surface area contributed by atoms with Crippen LogP contribution in [-0.4, -0.2) is 14.7 Å². The van der Waals surface area contributed by atoms with Crippen LogP contribution in [0.15, 0.2) is 90.3 Å². The van der Waals surface area contributed by atoms with E-state index in [0.717, 1.165) is 22.3 Å². The van der Waals surface area contributed by atoms with Crippen molar-refractivity contribution in [3.63, 3.8) is 0 Å². The number of aryl methyl sites for hydroxylation is 1. The van der Waals surface area contributed by atoms with Crippen molar-refractivity contribution in [2.45, 2.75) is 6.92 Å². The van der Waals surface area contributed by atoms with Gasteiger partial charge in [0, 0.05) is 16.8 Å². The van der Waals surface area contributed by atoms with Crippen molar-refractivity contribution in [1.82, 2.24) is 15.0 Å². The van der Waals surface area contributed by atoms with Crippen molar-refractivity contribution in [3.8, 4) is 5.69 Å². The maximum atomic E-state index is 5.33. The Hall–Kier alpha value is -3.51. The summed E-state index contributed by atoms with van der Waals surface area (Å²) in [6.07, 6.45) is 1.79. The summed E-state index contributed by atoms with van der Waals surface area (Å²) >= 11 is 5.33. The van der Waals surface area contributed by atoms with E-state index in [9.17, 15) is 0 Å². The Bertz CT molecular complexity index is 1200. The molecule has 28 heavy (non-hydrogen) atoms. The number of rotatable bonds is 3. The van der Waals surface area contributed by atoms with Gasteiger partial charge in [0.05, 0.1) is 5.52 Å². The van der Waals surface area contributed by atoms with Gasteiger partial charge in [0.1, 0.15) is 6.33 Å². The molecule has 0 atom stereocenters. The monoisotopic (exact) mass is 385 g/mol. The molecule has 0 fully saturated rings. The highest BCUT2D eigenvalue weighted by Crippen LogP contribution is 2.18. The number of hydrogen-bond donors (Lipinski definition) is 2. The third kappa shape index (κ3) is 3.77. The van der Waals surface area contributed by atoms with Gasteiger partial charge in [0.25, 0.3) is 0 Å². The zero-order chi connectivity index (χ0) is 19.3. The molecule has 2 N–H and O–H groups in total. The highest BCUT2D eigenvalue weighted by atomic mass is 32.1. The molecule has 0 spiro atoms. The summed E-state index contributed by atoms with van der Waals surface area (Å²) in [5.74, 6) is 0. The second-order valence-corrected chi connectivity index (χ2v) is 6.69. The highest BCUT2D eigenvalue weighted by molar-refractivity contribution is 7.80. The van der Waals surface area contributed by atoms with Crippen molar-refractivity contribution in [3.05, 3.63) is 96.2 Å². The first-order valence-electron chi connectivity index (χ1n) is 8.90. The number of nitrogens with one attached hydrogen (secondary N) is 2. The highest BCUT2D eigenvalue weighted by Gasteiger charge is 2.06. The Kier molecular flexibility index (Phi) is 5.12. The van der Waals surface area contributed by atoms with Crippen LogP contribution in [0.1, 0.15) is 5.56 Å². The molecular weight excluding hydrogens is 366 g/mol. The lowest BCUT2D eigenvalue weighted by atomic mass is 10.1. The van der Waals surface area contributed by atoms with Gasteiger partial charge in [-0.05, 0) is 55.0 Å². The standard InChI is InChI=1S/C22H19N5S/c1-16-9-5-7-13-19(16)27-15-23-21(18-12-6-8-14-20(18)27)25-26-22(28)24-17-10-3-2-4-11-17/h2-15H,1H3,(H2,24,26,28)/b25-21-. The van der Waals surface area contributed by atoms with E-state index in [0.29, 0.717) is 10.6 Å². The zero-order valence-electron chi connectivity index (χ0n) is 15.3. The molecule has 3 aromatic carbocycles. The first-order chi connectivity index (χ1) is 13.7. The molecule has 6 heteroatoms. The van der Waals surface area contributed by atoms with Crippen molar-refractivity contribution in [2.24, 2.45) is 5.10 Å². The molecule has 4 aromatic rings. The van der Waals surface area contributed by atoms with Crippen molar-refractivity contribution in [2.75, 3.05) is 5.32 Å². The van der Waals surface area contributed by atoms with Gasteiger partial charge in [-0.15, -0.1) is 0 Å². The fourth-order valence-corrected chi connectivity index (χ4v) is 3.18.